The number of unbranched alkanes of at least 4 members (excludes halogenated alkanes) is 1. The van der Waals surface area contributed by atoms with Crippen molar-refractivity contribution in [3.8, 4) is 11.3 Å². The van der Waals surface area contributed by atoms with Crippen LogP contribution in [-0.2, 0) is 14.3 Å². The molecule has 0 aliphatic carbocycles. The number of thioether (sulfide) groups is 1. The van der Waals surface area contributed by atoms with E-state index in [0.29, 0.717) is 29.5 Å². The van der Waals surface area contributed by atoms with E-state index in [9.17, 15) is 24.0 Å². The first-order valence-corrected chi connectivity index (χ1v) is 13.8. The van der Waals surface area contributed by atoms with E-state index in [-0.39, 0.29) is 44.1 Å². The Morgan fingerprint density at radius 1 is 1.05 bits per heavy atom. The van der Waals surface area contributed by atoms with Crippen LogP contribution in [0.4, 0.5) is 10.5 Å². The second kappa shape index (κ2) is 13.1. The highest BCUT2D eigenvalue weighted by Gasteiger charge is 2.36. The van der Waals surface area contributed by atoms with Crippen LogP contribution < -0.4 is 5.32 Å². The van der Waals surface area contributed by atoms with Crippen molar-refractivity contribution in [2.75, 3.05) is 18.5 Å². The summed E-state index contributed by atoms with van der Waals surface area (Å²) in [6.07, 6.45) is 2.92. The Balaban J connectivity index is 1.41. The number of carbonyl (C=O) groups is 5. The van der Waals surface area contributed by atoms with E-state index in [1.165, 1.54) is 42.5 Å². The third-order valence-electron chi connectivity index (χ3n) is 5.76. The van der Waals surface area contributed by atoms with Gasteiger partial charge < -0.3 is 19.6 Å². The molecule has 212 valence electrons. The standard InChI is InChI=1S/C28H22Cl2N2O8S/c1-2-3-10-39-27(37)19-12-16(5-8-20(19)29)31-24(33)14-32-25(34)23(41-28(32)38)13-17-6-9-22(40-17)15-4-7-18(26(35)36)21(30)11-15/h4-9,11-13H,2-3,10,14H2,1H3,(H,31,33)(H,35,36)/b23-13-. The van der Waals surface area contributed by atoms with Crippen molar-refractivity contribution in [3.63, 3.8) is 0 Å². The minimum absolute atomic E-state index is 0.0362. The number of furan rings is 1. The molecule has 13 heteroatoms. The molecule has 10 nitrogen and oxygen atoms in total. The van der Waals surface area contributed by atoms with Crippen molar-refractivity contribution in [1.82, 2.24) is 4.90 Å². The number of benzene rings is 2. The number of anilines is 1. The number of hydrogen-bond acceptors (Lipinski definition) is 8. The van der Waals surface area contributed by atoms with Gasteiger partial charge in [-0.2, -0.15) is 0 Å². The van der Waals surface area contributed by atoms with Crippen LogP contribution in [0.1, 0.15) is 46.2 Å². The summed E-state index contributed by atoms with van der Waals surface area (Å²) in [4.78, 5) is 62.4. The van der Waals surface area contributed by atoms with E-state index in [1.807, 2.05) is 6.92 Å². The zero-order valence-corrected chi connectivity index (χ0v) is 23.8. The van der Waals surface area contributed by atoms with Gasteiger partial charge in [0.2, 0.25) is 5.91 Å². The number of carbonyl (C=O) groups excluding carboxylic acids is 4. The molecule has 0 spiro atoms. The second-order valence-corrected chi connectivity index (χ2v) is 10.5. The van der Waals surface area contributed by atoms with Crippen LogP contribution in [0, 0.1) is 0 Å². The van der Waals surface area contributed by atoms with Crippen molar-refractivity contribution >= 4 is 75.7 Å². The van der Waals surface area contributed by atoms with Gasteiger partial charge in [-0.1, -0.05) is 42.6 Å². The monoisotopic (exact) mass is 616 g/mol. The molecule has 2 N–H and O–H groups in total. The highest BCUT2D eigenvalue weighted by Crippen LogP contribution is 2.34. The number of nitrogens with one attached hydrogen (secondary N) is 1. The Bertz CT molecular complexity index is 1580. The van der Waals surface area contributed by atoms with Gasteiger partial charge in [0.25, 0.3) is 11.1 Å². The molecule has 0 radical (unpaired) electrons. The molecule has 0 bridgehead atoms. The molecule has 1 aliphatic heterocycles. The van der Waals surface area contributed by atoms with Gasteiger partial charge in [0.05, 0.1) is 32.7 Å². The van der Waals surface area contributed by atoms with E-state index in [2.05, 4.69) is 5.32 Å². The number of carboxylic acids is 1. The van der Waals surface area contributed by atoms with E-state index in [0.717, 1.165) is 11.3 Å². The number of ether oxygens (including phenoxy) is 1. The summed E-state index contributed by atoms with van der Waals surface area (Å²) in [5, 5.41) is 11.2. The Hall–Kier alpha value is -4.06. The lowest BCUT2D eigenvalue weighted by Gasteiger charge is -2.13. The highest BCUT2D eigenvalue weighted by atomic mass is 35.5. The quantitative estimate of drug-likeness (QED) is 0.146. The summed E-state index contributed by atoms with van der Waals surface area (Å²) < 4.78 is 10.9. The fraction of sp³-hybridized carbons (Fsp3) is 0.179. The van der Waals surface area contributed by atoms with Crippen molar-refractivity contribution < 1.29 is 38.2 Å². The lowest BCUT2D eigenvalue weighted by molar-refractivity contribution is -0.127. The molecule has 1 aromatic heterocycles. The molecule has 1 fully saturated rings. The maximum Gasteiger partial charge on any atom is 0.339 e. The van der Waals surface area contributed by atoms with Gasteiger partial charge in [-0.25, -0.2) is 9.59 Å². The zero-order chi connectivity index (χ0) is 29.7. The third kappa shape index (κ3) is 7.18. The van der Waals surface area contributed by atoms with Crippen molar-refractivity contribution in [3.05, 3.63) is 80.4 Å². The number of nitrogens with zero attached hydrogens (tertiary/aromatic N) is 1. The molecule has 0 saturated carbocycles. The van der Waals surface area contributed by atoms with Gasteiger partial charge in [0.1, 0.15) is 18.1 Å². The van der Waals surface area contributed by atoms with Crippen LogP contribution in [0.15, 0.2) is 57.9 Å². The predicted octanol–water partition coefficient (Wildman–Crippen LogP) is 6.58. The average molecular weight is 617 g/mol. The number of amides is 3. The number of hydrogen-bond donors (Lipinski definition) is 2. The normalized spacial score (nSPS) is 14.0. The molecule has 4 rings (SSSR count). The van der Waals surface area contributed by atoms with Gasteiger partial charge in [0, 0.05) is 17.3 Å². The molecule has 2 aromatic carbocycles. The Morgan fingerprint density at radius 2 is 1.83 bits per heavy atom. The summed E-state index contributed by atoms with van der Waals surface area (Å²) in [5.74, 6) is -2.51. The fourth-order valence-electron chi connectivity index (χ4n) is 3.68. The van der Waals surface area contributed by atoms with Gasteiger partial charge >= 0.3 is 11.9 Å². The van der Waals surface area contributed by atoms with Gasteiger partial charge in [-0.05, 0) is 60.6 Å². The molecule has 3 amide bonds. The first kappa shape index (κ1) is 29.9. The molecule has 0 atom stereocenters. The first-order valence-electron chi connectivity index (χ1n) is 12.2. The number of esters is 1. The largest absolute Gasteiger partial charge is 0.478 e. The van der Waals surface area contributed by atoms with Crippen LogP contribution in [-0.4, -0.2) is 52.2 Å². The highest BCUT2D eigenvalue weighted by molar-refractivity contribution is 8.18. The number of aromatic carboxylic acids is 1. The van der Waals surface area contributed by atoms with Crippen LogP contribution >= 0.6 is 35.0 Å². The third-order valence-corrected chi connectivity index (χ3v) is 7.31. The number of carboxylic acid groups (broad SMARTS) is 1. The second-order valence-electron chi connectivity index (χ2n) is 8.70. The Kier molecular flexibility index (Phi) is 9.53. The molecule has 41 heavy (non-hydrogen) atoms. The SMILES string of the molecule is CCCCOC(=O)c1cc(NC(=O)CN2C(=O)S/C(=C\c3ccc(-c4ccc(C(=O)O)c(Cl)c4)o3)C2=O)ccc1Cl. The van der Waals surface area contributed by atoms with Gasteiger partial charge in [-0.3, -0.25) is 19.3 Å². The maximum absolute atomic E-state index is 12.9. The number of imide groups is 1. The number of rotatable bonds is 10. The lowest BCUT2D eigenvalue weighted by atomic mass is 10.1. The molecule has 3 aromatic rings. The van der Waals surface area contributed by atoms with E-state index < -0.39 is 35.5 Å². The van der Waals surface area contributed by atoms with Crippen molar-refractivity contribution in [1.29, 1.82) is 0 Å². The molecular formula is C28H22Cl2N2O8S. The minimum Gasteiger partial charge on any atom is -0.478 e. The maximum atomic E-state index is 12.9. The predicted molar refractivity (Wildman–Crippen MR) is 154 cm³/mol. The summed E-state index contributed by atoms with van der Waals surface area (Å²) >= 11 is 12.8. The topological polar surface area (TPSA) is 143 Å². The molecule has 1 aliphatic rings. The van der Waals surface area contributed by atoms with E-state index in [4.69, 9.17) is 37.5 Å². The summed E-state index contributed by atoms with van der Waals surface area (Å²) in [7, 11) is 0. The zero-order valence-electron chi connectivity index (χ0n) is 21.4. The van der Waals surface area contributed by atoms with E-state index in [1.54, 1.807) is 12.1 Å². The molecular weight excluding hydrogens is 595 g/mol. The molecule has 1 saturated heterocycles. The Labute approximate surface area is 248 Å². The molecule has 0 unspecified atom stereocenters. The Morgan fingerprint density at radius 3 is 2.54 bits per heavy atom. The first-order chi connectivity index (χ1) is 19.6. The van der Waals surface area contributed by atoms with E-state index >= 15 is 0 Å². The van der Waals surface area contributed by atoms with Crippen molar-refractivity contribution in [2.45, 2.75) is 19.8 Å². The van der Waals surface area contributed by atoms with Crippen molar-refractivity contribution in [2.24, 2.45) is 0 Å². The summed E-state index contributed by atoms with van der Waals surface area (Å²) in [6.45, 7) is 1.64. The van der Waals surface area contributed by atoms with Crippen LogP contribution in [0.2, 0.25) is 10.0 Å². The van der Waals surface area contributed by atoms with Crippen LogP contribution in [0.3, 0.4) is 0 Å². The van der Waals surface area contributed by atoms with Gasteiger partial charge in [0.15, 0.2) is 0 Å². The average Bonchev–Trinajstić information content (AvgIpc) is 3.49. The van der Waals surface area contributed by atoms with Crippen LogP contribution in [0.5, 0.6) is 0 Å². The van der Waals surface area contributed by atoms with Gasteiger partial charge in [-0.15, -0.1) is 0 Å². The summed E-state index contributed by atoms with van der Waals surface area (Å²) in [6, 6.07) is 11.8. The fourth-order valence-corrected chi connectivity index (χ4v) is 4.96. The summed E-state index contributed by atoms with van der Waals surface area (Å²) in [5.41, 5.74) is 0.780. The smallest absolute Gasteiger partial charge is 0.339 e. The molecule has 2 heterocycles. The minimum atomic E-state index is -1.16. The van der Waals surface area contributed by atoms with Crippen LogP contribution in [0.25, 0.3) is 17.4 Å². The lowest BCUT2D eigenvalue weighted by Crippen LogP contribution is -2.36. The number of halogens is 2.